The molecular weight excluding hydrogens is 414 g/mol. The molecule has 0 aliphatic rings. The molecule has 0 bridgehead atoms. The van der Waals surface area contributed by atoms with Gasteiger partial charge in [0.05, 0.1) is 0 Å². The molecule has 0 heterocycles. The van der Waals surface area contributed by atoms with Gasteiger partial charge in [-0.3, -0.25) is 0 Å². The van der Waals surface area contributed by atoms with Crippen molar-refractivity contribution >= 4 is 17.4 Å². The van der Waals surface area contributed by atoms with Gasteiger partial charge in [0.25, 0.3) is 0 Å². The average molecular weight is 417 g/mol. The van der Waals surface area contributed by atoms with Crippen LogP contribution in [0.4, 0.5) is 0 Å². The van der Waals surface area contributed by atoms with Gasteiger partial charge in [0, 0.05) is 82.4 Å². The van der Waals surface area contributed by atoms with Gasteiger partial charge in [-0.2, -0.15) is 0 Å². The van der Waals surface area contributed by atoms with Crippen LogP contribution in [0.3, 0.4) is 0 Å². The minimum atomic E-state index is 0. The largest absolute Gasteiger partial charge is 0.187 e. The smallest absolute Gasteiger partial charge is 0 e. The van der Waals surface area contributed by atoms with E-state index < -0.39 is 0 Å². The maximum absolute atomic E-state index is 0. The Labute approximate surface area is 98.0 Å². The Hall–Kier alpha value is 3.18. The van der Waals surface area contributed by atoms with E-state index in [1.54, 1.807) is 0 Å². The molecule has 2 radical (unpaired) electrons. The van der Waals surface area contributed by atoms with Crippen LogP contribution in [0.1, 0.15) is 0 Å². The molecule has 0 nitrogen and oxygen atoms in total. The van der Waals surface area contributed by atoms with Crippen LogP contribution in [-0.4, -0.2) is 17.4 Å². The Balaban J connectivity index is 0. The summed E-state index contributed by atoms with van der Waals surface area (Å²) in [5.74, 6) is 0. The molecule has 0 rings (SSSR count). The minimum Gasteiger partial charge on any atom is 0 e. The molecule has 5 heavy (non-hydrogen) atoms. The van der Waals surface area contributed by atoms with E-state index in [0.717, 1.165) is 0 Å². The fourth-order valence-corrected chi connectivity index (χ4v) is 0. The first-order valence-electron chi connectivity index (χ1n) is 0. The van der Waals surface area contributed by atoms with Crippen LogP contribution in [0.5, 0.6) is 0 Å². The van der Waals surface area contributed by atoms with Crippen molar-refractivity contribution in [1.29, 1.82) is 0 Å². The third-order valence-electron chi connectivity index (χ3n) is 0. The summed E-state index contributed by atoms with van der Waals surface area (Å²) in [6.45, 7) is 0. The second-order valence-corrected chi connectivity index (χ2v) is 0. The minimum absolute atomic E-state index is 0. The fraction of sp³-hybridized carbons (Fsp3) is 0. The molecule has 0 amide bonds. The summed E-state index contributed by atoms with van der Waals surface area (Å²) >= 11 is 0. The summed E-state index contributed by atoms with van der Waals surface area (Å²) < 4.78 is 0. The number of rotatable bonds is 0. The molecule has 0 saturated carbocycles. The van der Waals surface area contributed by atoms with Crippen molar-refractivity contribution in [2.24, 2.45) is 0 Å². The van der Waals surface area contributed by atoms with Crippen LogP contribution in [-0.2, 0) is 82.4 Å². The summed E-state index contributed by atoms with van der Waals surface area (Å²) in [6.07, 6.45) is 0. The monoisotopic (exact) mass is 416 g/mol. The zero-order chi connectivity index (χ0) is 0. The summed E-state index contributed by atoms with van der Waals surface area (Å²) in [6, 6.07) is 0. The van der Waals surface area contributed by atoms with Gasteiger partial charge in [-0.15, -0.1) is 0 Å². The van der Waals surface area contributed by atoms with Gasteiger partial charge < -0.3 is 0 Å². The molecule has 0 unspecified atom stereocenters. The summed E-state index contributed by atoms with van der Waals surface area (Å²) in [5.41, 5.74) is 0. The van der Waals surface area contributed by atoms with E-state index >= 15 is 0 Å². The normalized spacial score (nSPS) is 0. The third kappa shape index (κ3) is 19.0. The van der Waals surface area contributed by atoms with Gasteiger partial charge in [0.1, 0.15) is 0 Å². The average Bonchev–Trinajstić information content (AvgIpc) is 0. The quantitative estimate of drug-likeness (QED) is 0.435. The molecule has 0 aromatic rings. The van der Waals surface area contributed by atoms with Crippen LogP contribution in [0, 0.1) is 0 Å². The van der Waals surface area contributed by atoms with Gasteiger partial charge in [0.2, 0.25) is 0 Å². The summed E-state index contributed by atoms with van der Waals surface area (Å²) in [7, 11) is 0. The molecule has 0 aliphatic carbocycles. The Kier molecular flexibility index (Phi) is 226. The van der Waals surface area contributed by atoms with Crippen molar-refractivity contribution in [3.8, 4) is 0 Å². The van der Waals surface area contributed by atoms with Gasteiger partial charge in [-0.05, 0) is 0 Å². The van der Waals surface area contributed by atoms with Crippen molar-refractivity contribution < 1.29 is 82.4 Å². The Morgan fingerprint density at radius 2 is 1.00 bits per heavy atom. The molecule has 0 N–H and O–H groups in total. The number of hydrogen-bond acceptors (Lipinski definition) is 0. The van der Waals surface area contributed by atoms with E-state index in [-0.39, 0.29) is 99.8 Å². The van der Waals surface area contributed by atoms with Crippen LogP contribution >= 0.6 is 0 Å². The van der Waals surface area contributed by atoms with Crippen LogP contribution < -0.4 is 0 Å². The van der Waals surface area contributed by atoms with Crippen molar-refractivity contribution in [3.05, 3.63) is 0 Å². The van der Waals surface area contributed by atoms with Crippen molar-refractivity contribution in [2.45, 2.75) is 0 Å². The van der Waals surface area contributed by atoms with Crippen molar-refractivity contribution in [3.63, 3.8) is 0 Å². The van der Waals surface area contributed by atoms with E-state index in [0.29, 0.717) is 0 Å². The Morgan fingerprint density at radius 1 is 1.00 bits per heavy atom. The molecule has 0 saturated heterocycles. The zero-order valence-electron chi connectivity index (χ0n) is 1.63. The van der Waals surface area contributed by atoms with Crippen molar-refractivity contribution in [1.82, 2.24) is 0 Å². The molecule has 5 heteroatoms. The summed E-state index contributed by atoms with van der Waals surface area (Å²) in [5, 5.41) is 0. The van der Waals surface area contributed by atoms with Crippen molar-refractivity contribution in [2.75, 3.05) is 0 Å². The molecule has 32 valence electrons. The first-order chi connectivity index (χ1) is 0. The molecule has 0 atom stereocenters. The van der Waals surface area contributed by atoms with Crippen LogP contribution in [0.2, 0.25) is 0 Å². The van der Waals surface area contributed by atoms with Crippen LogP contribution in [0.25, 0.3) is 0 Å². The molecule has 0 fully saturated rings. The molecular formula is H3AlCoFeTaZr. The van der Waals surface area contributed by atoms with Gasteiger partial charge in [-0.25, -0.2) is 0 Å². The van der Waals surface area contributed by atoms with Gasteiger partial charge in [-0.1, -0.05) is 0 Å². The van der Waals surface area contributed by atoms with Gasteiger partial charge in [0.15, 0.2) is 17.4 Å². The first kappa shape index (κ1) is 41.7. The zero-order valence-corrected chi connectivity index (χ0v) is 9.45. The maximum Gasteiger partial charge on any atom is 0.187 e. The van der Waals surface area contributed by atoms with E-state index in [9.17, 15) is 0 Å². The third-order valence-corrected chi connectivity index (χ3v) is 0. The number of hydrogen-bond donors (Lipinski definition) is 0. The van der Waals surface area contributed by atoms with Gasteiger partial charge >= 0.3 is 0 Å². The van der Waals surface area contributed by atoms with E-state index in [4.69, 9.17) is 0 Å². The standard InChI is InChI=1S/Al.Co.Fe.Ta.Zr.3H. The van der Waals surface area contributed by atoms with E-state index in [2.05, 4.69) is 0 Å². The van der Waals surface area contributed by atoms with Crippen LogP contribution in [0.15, 0.2) is 0 Å². The Bertz CT molecular complexity index is 11.6. The second kappa shape index (κ2) is 27.1. The maximum atomic E-state index is 0. The van der Waals surface area contributed by atoms with E-state index in [1.807, 2.05) is 0 Å². The Morgan fingerprint density at radius 3 is 1.00 bits per heavy atom. The second-order valence-electron chi connectivity index (χ2n) is 0. The fourth-order valence-electron chi connectivity index (χ4n) is 0. The SMILES string of the molecule is [AlH3].[Co].[Fe].[Ta].[Zr]. The molecule has 0 aromatic carbocycles. The predicted molar refractivity (Wildman–Crippen MR) is 9.94 cm³/mol. The molecule has 0 spiro atoms. The summed E-state index contributed by atoms with van der Waals surface area (Å²) in [4.78, 5) is 0. The molecule has 0 aromatic heterocycles. The van der Waals surface area contributed by atoms with E-state index in [1.165, 1.54) is 0 Å². The first-order valence-corrected chi connectivity index (χ1v) is 0. The molecule has 0 aliphatic heterocycles. The predicted octanol–water partition coefficient (Wildman–Crippen LogP) is -1.19. The topological polar surface area (TPSA) is 0 Å².